The molecule has 5 nitrogen and oxygen atoms in total. The fraction of sp³-hybridized carbons (Fsp3) is 0.188. The van der Waals surface area contributed by atoms with Gasteiger partial charge in [0.25, 0.3) is 0 Å². The third-order valence-electron chi connectivity index (χ3n) is 3.19. The Labute approximate surface area is 145 Å². The van der Waals surface area contributed by atoms with E-state index in [0.29, 0.717) is 5.69 Å². The molecule has 0 unspecified atom stereocenters. The molecule has 0 saturated carbocycles. The molecule has 128 valence electrons. The van der Waals surface area contributed by atoms with E-state index in [0.717, 1.165) is 22.2 Å². The maximum absolute atomic E-state index is 13.1. The smallest absolute Gasteiger partial charge is 0.239 e. The van der Waals surface area contributed by atoms with Gasteiger partial charge in [0.15, 0.2) is 0 Å². The van der Waals surface area contributed by atoms with E-state index in [1.54, 1.807) is 24.3 Å². The fourth-order valence-electron chi connectivity index (χ4n) is 2.01. The number of halogens is 2. The molecule has 2 aromatic carbocycles. The van der Waals surface area contributed by atoms with Crippen molar-refractivity contribution in [2.75, 3.05) is 18.1 Å². The largest absolute Gasteiger partial charge is 0.325 e. The normalized spacial score (nSPS) is 11.5. The minimum atomic E-state index is -3.58. The Bertz CT molecular complexity index is 828. The predicted octanol–water partition coefficient (Wildman–Crippen LogP) is 2.88. The number of hydrogen-bond donors (Lipinski definition) is 1. The Balaban J connectivity index is 2.08. The van der Waals surface area contributed by atoms with Crippen LogP contribution in [0.1, 0.15) is 5.56 Å². The molecule has 1 amide bonds. The molecule has 1 N–H and O–H groups in total. The maximum Gasteiger partial charge on any atom is 0.239 e. The van der Waals surface area contributed by atoms with Gasteiger partial charge in [0.2, 0.25) is 15.9 Å². The highest BCUT2D eigenvalue weighted by molar-refractivity contribution is 7.88. The highest BCUT2D eigenvalue weighted by Gasteiger charge is 2.20. The summed E-state index contributed by atoms with van der Waals surface area (Å²) in [6, 6.07) is 12.7. The Morgan fingerprint density at radius 3 is 2.46 bits per heavy atom. The molecule has 0 aliphatic carbocycles. The average molecular weight is 371 g/mol. The molecule has 0 atom stereocenters. The fourth-order valence-corrected chi connectivity index (χ4v) is 2.93. The lowest BCUT2D eigenvalue weighted by Crippen LogP contribution is -2.36. The van der Waals surface area contributed by atoms with Crippen LogP contribution in [0.3, 0.4) is 0 Å². The SMILES string of the molecule is CS(=O)(=O)N(CC(=O)Nc1ccc(F)c(Cl)c1)Cc1ccccc1. The van der Waals surface area contributed by atoms with Crippen molar-refractivity contribution in [3.63, 3.8) is 0 Å². The molecule has 2 rings (SSSR count). The molecule has 2 aromatic rings. The maximum atomic E-state index is 13.1. The van der Waals surface area contributed by atoms with Gasteiger partial charge in [-0.25, -0.2) is 12.8 Å². The zero-order valence-electron chi connectivity index (χ0n) is 12.9. The van der Waals surface area contributed by atoms with Crippen molar-refractivity contribution in [2.24, 2.45) is 0 Å². The number of sulfonamides is 1. The van der Waals surface area contributed by atoms with Gasteiger partial charge in [-0.3, -0.25) is 4.79 Å². The van der Waals surface area contributed by atoms with Gasteiger partial charge in [-0.1, -0.05) is 41.9 Å². The van der Waals surface area contributed by atoms with Crippen LogP contribution in [0.2, 0.25) is 5.02 Å². The van der Waals surface area contributed by atoms with E-state index in [9.17, 15) is 17.6 Å². The minimum Gasteiger partial charge on any atom is -0.325 e. The molecule has 0 bridgehead atoms. The summed E-state index contributed by atoms with van der Waals surface area (Å²) >= 11 is 5.65. The molecule has 0 radical (unpaired) electrons. The van der Waals surface area contributed by atoms with Crippen LogP contribution in [0.5, 0.6) is 0 Å². The van der Waals surface area contributed by atoms with Gasteiger partial charge < -0.3 is 5.32 Å². The lowest BCUT2D eigenvalue weighted by molar-refractivity contribution is -0.116. The third-order valence-corrected chi connectivity index (χ3v) is 4.68. The summed E-state index contributed by atoms with van der Waals surface area (Å²) in [5, 5.41) is 2.37. The van der Waals surface area contributed by atoms with Gasteiger partial charge in [0.1, 0.15) is 5.82 Å². The third kappa shape index (κ3) is 5.30. The monoisotopic (exact) mass is 370 g/mol. The Hall–Kier alpha value is -1.96. The summed E-state index contributed by atoms with van der Waals surface area (Å²) in [6.07, 6.45) is 1.04. The summed E-state index contributed by atoms with van der Waals surface area (Å²) in [6.45, 7) is -0.278. The number of anilines is 1. The van der Waals surface area contributed by atoms with Crippen molar-refractivity contribution in [1.29, 1.82) is 0 Å². The summed E-state index contributed by atoms with van der Waals surface area (Å²) in [7, 11) is -3.58. The zero-order chi connectivity index (χ0) is 17.7. The first-order valence-electron chi connectivity index (χ1n) is 6.99. The summed E-state index contributed by atoms with van der Waals surface area (Å²) in [4.78, 5) is 12.1. The number of rotatable bonds is 6. The molecule has 0 heterocycles. The molecular formula is C16H16ClFN2O3S. The van der Waals surface area contributed by atoms with Gasteiger partial charge in [-0.05, 0) is 23.8 Å². The molecule has 8 heteroatoms. The van der Waals surface area contributed by atoms with E-state index in [1.165, 1.54) is 12.1 Å². The van der Waals surface area contributed by atoms with E-state index < -0.39 is 21.7 Å². The van der Waals surface area contributed by atoms with Gasteiger partial charge in [0, 0.05) is 12.2 Å². The van der Waals surface area contributed by atoms with E-state index in [1.807, 2.05) is 6.07 Å². The number of amides is 1. The second-order valence-corrected chi connectivity index (χ2v) is 7.58. The first-order valence-corrected chi connectivity index (χ1v) is 9.22. The van der Waals surface area contributed by atoms with Crippen molar-refractivity contribution < 1.29 is 17.6 Å². The second-order valence-electron chi connectivity index (χ2n) is 5.19. The van der Waals surface area contributed by atoms with Crippen LogP contribution in [0, 0.1) is 5.82 Å². The van der Waals surface area contributed by atoms with Crippen molar-refractivity contribution in [3.05, 3.63) is 64.9 Å². The highest BCUT2D eigenvalue weighted by atomic mass is 35.5. The van der Waals surface area contributed by atoms with Crippen LogP contribution in [0.25, 0.3) is 0 Å². The highest BCUT2D eigenvalue weighted by Crippen LogP contribution is 2.19. The van der Waals surface area contributed by atoms with E-state index >= 15 is 0 Å². The van der Waals surface area contributed by atoms with Crippen LogP contribution in [-0.4, -0.2) is 31.4 Å². The molecule has 0 spiro atoms. The standard InChI is InChI=1S/C16H16ClFN2O3S/c1-24(22,23)20(10-12-5-3-2-4-6-12)11-16(21)19-13-7-8-15(18)14(17)9-13/h2-9H,10-11H2,1H3,(H,19,21). The molecule has 24 heavy (non-hydrogen) atoms. The predicted molar refractivity (Wildman–Crippen MR) is 91.7 cm³/mol. The van der Waals surface area contributed by atoms with Gasteiger partial charge in [-0.2, -0.15) is 4.31 Å². The molecule has 0 fully saturated rings. The Morgan fingerprint density at radius 2 is 1.88 bits per heavy atom. The number of nitrogens with zero attached hydrogens (tertiary/aromatic N) is 1. The number of benzene rings is 2. The van der Waals surface area contributed by atoms with Crippen LogP contribution < -0.4 is 5.32 Å². The topological polar surface area (TPSA) is 66.5 Å². The van der Waals surface area contributed by atoms with Crippen LogP contribution in [-0.2, 0) is 21.4 Å². The number of nitrogens with one attached hydrogen (secondary N) is 1. The first kappa shape index (κ1) is 18.4. The van der Waals surface area contributed by atoms with Crippen LogP contribution in [0.15, 0.2) is 48.5 Å². The zero-order valence-corrected chi connectivity index (χ0v) is 14.4. The van der Waals surface area contributed by atoms with Gasteiger partial charge >= 0.3 is 0 Å². The quantitative estimate of drug-likeness (QED) is 0.850. The number of carbonyl (C=O) groups excluding carboxylic acids is 1. The Kier molecular flexibility index (Phi) is 5.93. The molecular weight excluding hydrogens is 355 g/mol. The van der Waals surface area contributed by atoms with Crippen LogP contribution in [0.4, 0.5) is 10.1 Å². The number of hydrogen-bond acceptors (Lipinski definition) is 3. The van der Waals surface area contributed by atoms with Crippen LogP contribution >= 0.6 is 11.6 Å². The van der Waals surface area contributed by atoms with E-state index in [4.69, 9.17) is 11.6 Å². The first-order chi connectivity index (χ1) is 11.3. The van der Waals surface area contributed by atoms with Crippen molar-refractivity contribution >= 4 is 33.2 Å². The molecule has 0 aliphatic heterocycles. The van der Waals surface area contributed by atoms with Crippen molar-refractivity contribution in [2.45, 2.75) is 6.54 Å². The summed E-state index contributed by atoms with van der Waals surface area (Å²) in [5.41, 5.74) is 1.06. The van der Waals surface area contributed by atoms with E-state index in [2.05, 4.69) is 5.32 Å². The summed E-state index contributed by atoms with van der Waals surface area (Å²) < 4.78 is 38.0. The Morgan fingerprint density at radius 1 is 1.21 bits per heavy atom. The lowest BCUT2D eigenvalue weighted by Gasteiger charge is -2.19. The summed E-state index contributed by atoms with van der Waals surface area (Å²) in [5.74, 6) is -1.14. The molecule has 0 aliphatic rings. The lowest BCUT2D eigenvalue weighted by atomic mass is 10.2. The van der Waals surface area contributed by atoms with E-state index in [-0.39, 0.29) is 18.1 Å². The molecule has 0 saturated heterocycles. The van der Waals surface area contributed by atoms with Gasteiger partial charge in [0.05, 0.1) is 17.8 Å². The minimum absolute atomic E-state index is 0.0806. The average Bonchev–Trinajstić information content (AvgIpc) is 2.50. The van der Waals surface area contributed by atoms with Gasteiger partial charge in [-0.15, -0.1) is 0 Å². The van der Waals surface area contributed by atoms with Crippen molar-refractivity contribution in [1.82, 2.24) is 4.31 Å². The number of carbonyl (C=O) groups is 1. The second kappa shape index (κ2) is 7.74. The van der Waals surface area contributed by atoms with Crippen molar-refractivity contribution in [3.8, 4) is 0 Å². The molecule has 0 aromatic heterocycles.